The van der Waals surface area contributed by atoms with Crippen LogP contribution in [0.25, 0.3) is 0 Å². The molecule has 4 heteroatoms. The van der Waals surface area contributed by atoms with Gasteiger partial charge in [-0.25, -0.2) is 0 Å². The summed E-state index contributed by atoms with van der Waals surface area (Å²) in [5.74, 6) is 1.30. The van der Waals surface area contributed by atoms with Crippen molar-refractivity contribution in [2.75, 3.05) is 54.4 Å². The lowest BCUT2D eigenvalue weighted by atomic mass is 10.2. The van der Waals surface area contributed by atoms with E-state index in [-0.39, 0.29) is 74.3 Å². The molecule has 0 radical (unpaired) electrons. The largest absolute Gasteiger partial charge is 0.385 e. The van der Waals surface area contributed by atoms with Crippen molar-refractivity contribution in [1.82, 2.24) is 0 Å². The van der Waals surface area contributed by atoms with E-state index < -0.39 is 0 Å². The topological polar surface area (TPSA) is 36.9 Å². The highest BCUT2D eigenvalue weighted by Gasteiger charge is 1.91. The molecule has 0 amide bonds. The van der Waals surface area contributed by atoms with Gasteiger partial charge in [0.1, 0.15) is 0 Å². The third kappa shape index (κ3) is 171. The zero-order valence-electron chi connectivity index (χ0n) is 15.0. The number of hydrogen-bond donors (Lipinski definition) is 0. The molecule has 0 fully saturated rings. The molecular formula is C26H78O4. The summed E-state index contributed by atoms with van der Waals surface area (Å²) in [6.07, 6.45) is 1.12. The van der Waals surface area contributed by atoms with Crippen LogP contribution < -0.4 is 0 Å². The van der Waals surface area contributed by atoms with Crippen LogP contribution >= 0.6 is 0 Å². The van der Waals surface area contributed by atoms with E-state index in [1.54, 1.807) is 21.3 Å². The third-order valence-electron chi connectivity index (χ3n) is 1.79. The lowest BCUT2D eigenvalue weighted by Crippen LogP contribution is -2.06. The van der Waals surface area contributed by atoms with Gasteiger partial charge in [-0.3, -0.25) is 0 Å². The van der Waals surface area contributed by atoms with Gasteiger partial charge in [-0.2, -0.15) is 0 Å². The van der Waals surface area contributed by atoms with Crippen LogP contribution in [0, 0.1) is 11.8 Å². The first kappa shape index (κ1) is 87.5. The van der Waals surface area contributed by atoms with Crippen LogP contribution in [0.1, 0.15) is 115 Å². The predicted molar refractivity (Wildman–Crippen MR) is 154 cm³/mol. The minimum absolute atomic E-state index is 0. The summed E-state index contributed by atoms with van der Waals surface area (Å²) in [4.78, 5) is 0. The number of rotatable bonds is 9. The van der Waals surface area contributed by atoms with Crippen molar-refractivity contribution < 1.29 is 18.9 Å². The van der Waals surface area contributed by atoms with E-state index in [4.69, 9.17) is 18.9 Å². The van der Waals surface area contributed by atoms with E-state index in [1.165, 1.54) is 0 Å². The first-order valence-corrected chi connectivity index (χ1v) is 7.50. The summed E-state index contributed by atoms with van der Waals surface area (Å²) in [6.45, 7) is 14.6. The molecule has 0 bridgehead atoms. The van der Waals surface area contributed by atoms with Gasteiger partial charge in [0.05, 0.1) is 13.2 Å². The first-order chi connectivity index (χ1) is 9.45. The minimum atomic E-state index is 0. The SMILES string of the molecule is C.C.C.C.C.C.C.C.C.C.CCCOC.COCC(C)C.COCCOCC(C)C. The molecule has 0 aliphatic carbocycles. The molecule has 0 aromatic carbocycles. The summed E-state index contributed by atoms with van der Waals surface area (Å²) < 4.78 is 19.5. The van der Waals surface area contributed by atoms with E-state index in [0.29, 0.717) is 25.0 Å². The minimum Gasteiger partial charge on any atom is -0.385 e. The lowest BCUT2D eigenvalue weighted by Gasteiger charge is -2.04. The Kier molecular flexibility index (Phi) is 260. The molecule has 0 saturated heterocycles. The Morgan fingerprint density at radius 2 is 0.800 bits per heavy atom. The van der Waals surface area contributed by atoms with Crippen molar-refractivity contribution in [3.8, 4) is 0 Å². The van der Waals surface area contributed by atoms with E-state index in [1.807, 2.05) is 0 Å². The number of hydrogen-bond acceptors (Lipinski definition) is 4. The van der Waals surface area contributed by atoms with Crippen LogP contribution in [0.15, 0.2) is 0 Å². The lowest BCUT2D eigenvalue weighted by molar-refractivity contribution is 0.0572. The summed E-state index contributed by atoms with van der Waals surface area (Å²) in [7, 11) is 5.11. The fourth-order valence-corrected chi connectivity index (χ4v) is 0.999. The number of methoxy groups -OCH3 is 3. The van der Waals surface area contributed by atoms with Crippen molar-refractivity contribution in [1.29, 1.82) is 0 Å². The van der Waals surface area contributed by atoms with Gasteiger partial charge in [-0.15, -0.1) is 0 Å². The van der Waals surface area contributed by atoms with Crippen LogP contribution in [-0.2, 0) is 18.9 Å². The highest BCUT2D eigenvalue weighted by molar-refractivity contribution is 4.38. The Balaban J connectivity index is -0.0000000116. The molecule has 0 aromatic rings. The maximum absolute atomic E-state index is 5.21. The average molecular weight is 455 g/mol. The number of ether oxygens (including phenoxy) is 4. The highest BCUT2D eigenvalue weighted by atomic mass is 16.5. The second-order valence-electron chi connectivity index (χ2n) is 5.30. The van der Waals surface area contributed by atoms with E-state index in [0.717, 1.165) is 26.2 Å². The Bertz CT molecular complexity index is 139. The van der Waals surface area contributed by atoms with E-state index >= 15 is 0 Å². The second-order valence-corrected chi connectivity index (χ2v) is 5.30. The molecule has 206 valence electrons. The maximum atomic E-state index is 5.21. The van der Waals surface area contributed by atoms with Crippen molar-refractivity contribution >= 4 is 0 Å². The quantitative estimate of drug-likeness (QED) is 0.325. The molecule has 0 unspecified atom stereocenters. The third-order valence-corrected chi connectivity index (χ3v) is 1.79. The van der Waals surface area contributed by atoms with Crippen LogP contribution in [-0.4, -0.2) is 54.4 Å². The molecule has 0 atom stereocenters. The van der Waals surface area contributed by atoms with Crippen molar-refractivity contribution in [2.24, 2.45) is 11.8 Å². The highest BCUT2D eigenvalue weighted by Crippen LogP contribution is 1.91. The molecule has 0 rings (SSSR count). The van der Waals surface area contributed by atoms with E-state index in [9.17, 15) is 0 Å². The Morgan fingerprint density at radius 3 is 0.933 bits per heavy atom. The predicted octanol–water partition coefficient (Wildman–Crippen LogP) is 10.00. The summed E-state index contributed by atoms with van der Waals surface area (Å²) >= 11 is 0. The average Bonchev–Trinajstić information content (AvgIpc) is 2.37. The molecule has 0 aliphatic heterocycles. The van der Waals surface area contributed by atoms with E-state index in [2.05, 4.69) is 34.6 Å². The second kappa shape index (κ2) is 89.1. The molecule has 0 saturated carbocycles. The smallest absolute Gasteiger partial charge is 0.0700 e. The Morgan fingerprint density at radius 1 is 0.467 bits per heavy atom. The monoisotopic (exact) mass is 455 g/mol. The fourth-order valence-electron chi connectivity index (χ4n) is 0.999. The van der Waals surface area contributed by atoms with Crippen molar-refractivity contribution in [2.45, 2.75) is 115 Å². The molecule has 0 heterocycles. The summed E-state index contributed by atoms with van der Waals surface area (Å²) in [5.41, 5.74) is 0. The van der Waals surface area contributed by atoms with Gasteiger partial charge in [0.15, 0.2) is 0 Å². The molecule has 4 nitrogen and oxygen atoms in total. The molecule has 30 heavy (non-hydrogen) atoms. The first-order valence-electron chi connectivity index (χ1n) is 7.50. The van der Waals surface area contributed by atoms with Gasteiger partial charge in [-0.05, 0) is 18.3 Å². The van der Waals surface area contributed by atoms with Crippen LogP contribution in [0.2, 0.25) is 0 Å². The summed E-state index contributed by atoms with van der Waals surface area (Å²) in [5, 5.41) is 0. The molecule has 0 spiro atoms. The van der Waals surface area contributed by atoms with Gasteiger partial charge in [-0.1, -0.05) is 109 Å². The zero-order chi connectivity index (χ0) is 16.2. The van der Waals surface area contributed by atoms with Gasteiger partial charge in [0.25, 0.3) is 0 Å². The molecule has 0 aromatic heterocycles. The van der Waals surface area contributed by atoms with Crippen LogP contribution in [0.4, 0.5) is 0 Å². The van der Waals surface area contributed by atoms with Gasteiger partial charge < -0.3 is 18.9 Å². The normalized spacial score (nSPS) is 6.60. The van der Waals surface area contributed by atoms with Gasteiger partial charge >= 0.3 is 0 Å². The Labute approximate surface area is 200 Å². The zero-order valence-corrected chi connectivity index (χ0v) is 15.0. The van der Waals surface area contributed by atoms with Crippen molar-refractivity contribution in [3.63, 3.8) is 0 Å². The molecule has 0 aliphatic rings. The maximum Gasteiger partial charge on any atom is 0.0700 e. The molecular weight excluding hydrogens is 376 g/mol. The molecule has 0 N–H and O–H groups in total. The summed E-state index contributed by atoms with van der Waals surface area (Å²) in [6, 6.07) is 0. The van der Waals surface area contributed by atoms with Gasteiger partial charge in [0, 0.05) is 41.2 Å². The van der Waals surface area contributed by atoms with Crippen molar-refractivity contribution in [3.05, 3.63) is 0 Å². The fraction of sp³-hybridized carbons (Fsp3) is 1.00. The standard InChI is InChI=1S/C7H16O2.C5H12O.C4H10O.10CH4/c1-7(2)6-9-5-4-8-3;1-5(2)4-6-3;1-3-4-5-2;;;;;;;;;;/h7H,4-6H2,1-3H3;5H,4H2,1-3H3;3-4H2,1-2H3;10*1H4. The van der Waals surface area contributed by atoms with Crippen LogP contribution in [0.5, 0.6) is 0 Å². The van der Waals surface area contributed by atoms with Gasteiger partial charge in [0.2, 0.25) is 0 Å². The van der Waals surface area contributed by atoms with Crippen LogP contribution in [0.3, 0.4) is 0 Å². The Hall–Kier alpha value is -0.160.